The standard InChI is InChI=1S/C8H15N5/c1-3(2)4-5(9)7(11)13-8(12)6(4)10/h3H,9-10H2,1-2H3,(H4,11,12,13). The first kappa shape index (κ1) is 9.44. The largest absolute Gasteiger partial charge is 0.395 e. The maximum absolute atomic E-state index is 5.73. The molecule has 0 aliphatic rings. The van der Waals surface area contributed by atoms with Crippen molar-refractivity contribution in [1.29, 1.82) is 0 Å². The maximum atomic E-state index is 5.73. The molecule has 72 valence electrons. The zero-order valence-corrected chi connectivity index (χ0v) is 7.83. The van der Waals surface area contributed by atoms with Crippen molar-refractivity contribution in [2.45, 2.75) is 19.8 Å². The van der Waals surface area contributed by atoms with Gasteiger partial charge in [-0.2, -0.15) is 0 Å². The van der Waals surface area contributed by atoms with Crippen LogP contribution in [0.2, 0.25) is 0 Å². The Hall–Kier alpha value is -1.65. The molecule has 0 aromatic carbocycles. The van der Waals surface area contributed by atoms with Crippen LogP contribution < -0.4 is 22.9 Å². The fourth-order valence-electron chi connectivity index (χ4n) is 1.29. The predicted molar refractivity (Wildman–Crippen MR) is 56.0 cm³/mol. The Morgan fingerprint density at radius 3 is 1.62 bits per heavy atom. The van der Waals surface area contributed by atoms with Crippen molar-refractivity contribution in [3.63, 3.8) is 0 Å². The van der Waals surface area contributed by atoms with E-state index in [4.69, 9.17) is 22.9 Å². The van der Waals surface area contributed by atoms with E-state index in [0.717, 1.165) is 5.56 Å². The van der Waals surface area contributed by atoms with Gasteiger partial charge in [-0.05, 0) is 5.92 Å². The number of pyridine rings is 1. The van der Waals surface area contributed by atoms with Crippen LogP contribution in [-0.4, -0.2) is 4.98 Å². The molecule has 13 heavy (non-hydrogen) atoms. The van der Waals surface area contributed by atoms with Gasteiger partial charge in [0, 0.05) is 5.56 Å². The van der Waals surface area contributed by atoms with Gasteiger partial charge in [-0.15, -0.1) is 0 Å². The lowest BCUT2D eigenvalue weighted by molar-refractivity contribution is 0.872. The van der Waals surface area contributed by atoms with Crippen LogP contribution in [-0.2, 0) is 0 Å². The van der Waals surface area contributed by atoms with Crippen LogP contribution in [0.3, 0.4) is 0 Å². The molecular weight excluding hydrogens is 166 g/mol. The van der Waals surface area contributed by atoms with Gasteiger partial charge in [0.1, 0.15) is 11.6 Å². The van der Waals surface area contributed by atoms with Gasteiger partial charge in [0.05, 0.1) is 11.4 Å². The van der Waals surface area contributed by atoms with E-state index in [2.05, 4.69) is 4.98 Å². The minimum absolute atomic E-state index is 0.188. The van der Waals surface area contributed by atoms with Crippen molar-refractivity contribution >= 4 is 23.0 Å². The molecule has 0 atom stereocenters. The smallest absolute Gasteiger partial charge is 0.149 e. The van der Waals surface area contributed by atoms with Crippen LogP contribution >= 0.6 is 0 Å². The molecule has 0 spiro atoms. The summed E-state index contributed by atoms with van der Waals surface area (Å²) in [5, 5.41) is 0. The summed E-state index contributed by atoms with van der Waals surface area (Å²) < 4.78 is 0. The minimum atomic E-state index is 0.188. The van der Waals surface area contributed by atoms with Crippen LogP contribution in [0.1, 0.15) is 25.3 Å². The molecule has 0 radical (unpaired) electrons. The molecule has 1 aromatic heterocycles. The van der Waals surface area contributed by atoms with Crippen molar-refractivity contribution in [3.05, 3.63) is 5.56 Å². The van der Waals surface area contributed by atoms with Gasteiger partial charge in [-0.3, -0.25) is 0 Å². The first-order chi connectivity index (χ1) is 5.95. The predicted octanol–water partition coefficient (Wildman–Crippen LogP) is 0.534. The van der Waals surface area contributed by atoms with Crippen molar-refractivity contribution in [3.8, 4) is 0 Å². The quantitative estimate of drug-likeness (QED) is 0.504. The molecule has 0 aliphatic heterocycles. The van der Waals surface area contributed by atoms with Crippen LogP contribution in [0.15, 0.2) is 0 Å². The van der Waals surface area contributed by atoms with E-state index in [1.54, 1.807) is 0 Å². The first-order valence-electron chi connectivity index (χ1n) is 4.05. The third-order valence-electron chi connectivity index (χ3n) is 1.95. The van der Waals surface area contributed by atoms with Gasteiger partial charge in [0.15, 0.2) is 0 Å². The average Bonchev–Trinajstić information content (AvgIpc) is 2.01. The third kappa shape index (κ3) is 1.44. The van der Waals surface area contributed by atoms with Crippen LogP contribution in [0, 0.1) is 0 Å². The molecule has 5 nitrogen and oxygen atoms in total. The van der Waals surface area contributed by atoms with Crippen LogP contribution in [0.4, 0.5) is 23.0 Å². The molecule has 0 unspecified atom stereocenters. The summed E-state index contributed by atoms with van der Waals surface area (Å²) in [6.45, 7) is 3.95. The molecule has 0 bridgehead atoms. The summed E-state index contributed by atoms with van der Waals surface area (Å²) >= 11 is 0. The average molecular weight is 181 g/mol. The van der Waals surface area contributed by atoms with E-state index in [0.29, 0.717) is 11.4 Å². The van der Waals surface area contributed by atoms with Gasteiger partial charge in [0.25, 0.3) is 0 Å². The zero-order valence-electron chi connectivity index (χ0n) is 7.83. The molecule has 5 heteroatoms. The monoisotopic (exact) mass is 181 g/mol. The normalized spacial score (nSPS) is 10.7. The minimum Gasteiger partial charge on any atom is -0.395 e. The third-order valence-corrected chi connectivity index (χ3v) is 1.95. The topological polar surface area (TPSA) is 117 Å². The van der Waals surface area contributed by atoms with Gasteiger partial charge >= 0.3 is 0 Å². The number of nitrogens with two attached hydrogens (primary N) is 4. The number of anilines is 4. The van der Waals surface area contributed by atoms with Crippen LogP contribution in [0.5, 0.6) is 0 Å². The fraction of sp³-hybridized carbons (Fsp3) is 0.375. The highest BCUT2D eigenvalue weighted by atomic mass is 15.0. The van der Waals surface area contributed by atoms with Crippen molar-refractivity contribution in [1.82, 2.24) is 4.98 Å². The second-order valence-electron chi connectivity index (χ2n) is 3.28. The Morgan fingerprint density at radius 1 is 0.923 bits per heavy atom. The summed E-state index contributed by atoms with van der Waals surface area (Å²) in [6.07, 6.45) is 0. The van der Waals surface area contributed by atoms with Crippen LogP contribution in [0.25, 0.3) is 0 Å². The summed E-state index contributed by atoms with van der Waals surface area (Å²) in [7, 11) is 0. The molecule has 0 aliphatic carbocycles. The van der Waals surface area contributed by atoms with E-state index in [1.165, 1.54) is 0 Å². The zero-order chi connectivity index (χ0) is 10.2. The van der Waals surface area contributed by atoms with Gasteiger partial charge in [-0.25, -0.2) is 4.98 Å². The van der Waals surface area contributed by atoms with Crippen molar-refractivity contribution < 1.29 is 0 Å². The molecule has 0 saturated heterocycles. The number of hydrogen-bond donors (Lipinski definition) is 4. The number of aromatic nitrogens is 1. The maximum Gasteiger partial charge on any atom is 0.149 e. The van der Waals surface area contributed by atoms with E-state index >= 15 is 0 Å². The van der Waals surface area contributed by atoms with E-state index in [-0.39, 0.29) is 17.6 Å². The summed E-state index contributed by atoms with van der Waals surface area (Å²) in [6, 6.07) is 0. The van der Waals surface area contributed by atoms with Gasteiger partial charge in [-0.1, -0.05) is 13.8 Å². The van der Waals surface area contributed by atoms with Crippen molar-refractivity contribution in [2.75, 3.05) is 22.9 Å². The Kier molecular flexibility index (Phi) is 2.18. The number of nitrogen functional groups attached to an aromatic ring is 4. The number of hydrogen-bond acceptors (Lipinski definition) is 5. The Bertz CT molecular complexity index is 306. The summed E-state index contributed by atoms with van der Waals surface area (Å²) in [5.74, 6) is 0.679. The Balaban J connectivity index is 3.46. The van der Waals surface area contributed by atoms with E-state index in [9.17, 15) is 0 Å². The molecule has 8 N–H and O–H groups in total. The van der Waals surface area contributed by atoms with Crippen molar-refractivity contribution in [2.24, 2.45) is 0 Å². The second-order valence-corrected chi connectivity index (χ2v) is 3.28. The lowest BCUT2D eigenvalue weighted by atomic mass is 10.0. The van der Waals surface area contributed by atoms with Gasteiger partial charge in [0.2, 0.25) is 0 Å². The number of rotatable bonds is 1. The molecule has 1 heterocycles. The summed E-state index contributed by atoms with van der Waals surface area (Å²) in [4.78, 5) is 3.82. The lowest BCUT2D eigenvalue weighted by Gasteiger charge is -2.15. The molecule has 0 fully saturated rings. The SMILES string of the molecule is CC(C)c1c(N)c(N)nc(N)c1N. The highest BCUT2D eigenvalue weighted by Gasteiger charge is 2.14. The van der Waals surface area contributed by atoms with E-state index in [1.807, 2.05) is 13.8 Å². The number of nitrogens with zero attached hydrogens (tertiary/aromatic N) is 1. The Morgan fingerprint density at radius 2 is 1.31 bits per heavy atom. The molecule has 0 saturated carbocycles. The second kappa shape index (κ2) is 3.01. The molecule has 0 amide bonds. The van der Waals surface area contributed by atoms with E-state index < -0.39 is 0 Å². The molecule has 1 aromatic rings. The molecular formula is C8H15N5. The highest BCUT2D eigenvalue weighted by molar-refractivity contribution is 5.79. The van der Waals surface area contributed by atoms with Gasteiger partial charge < -0.3 is 22.9 Å². The first-order valence-corrected chi connectivity index (χ1v) is 4.05. The fourth-order valence-corrected chi connectivity index (χ4v) is 1.29. The Labute approximate surface area is 77.1 Å². The summed E-state index contributed by atoms with van der Waals surface area (Å²) in [5.41, 5.74) is 24.2. The highest BCUT2D eigenvalue weighted by Crippen LogP contribution is 2.33. The lowest BCUT2D eigenvalue weighted by Crippen LogP contribution is -2.10. The molecule has 1 rings (SSSR count).